The number of nitrogens with one attached hydrogen (secondary N) is 12. The minimum absolute atomic E-state index is 0.0198. The Morgan fingerprint density at radius 2 is 1.38 bits per heavy atom. The van der Waals surface area contributed by atoms with Gasteiger partial charge in [-0.2, -0.15) is 0 Å². The number of phenolic OH excluding ortho intramolecular Hbond substituents is 1. The van der Waals surface area contributed by atoms with Crippen molar-refractivity contribution in [1.82, 2.24) is 71.3 Å². The smallest absolute Gasteiger partial charge is 0.245 e. The van der Waals surface area contributed by atoms with Crippen LogP contribution in [0.15, 0.2) is 67.3 Å². The molecule has 2 aromatic heterocycles. The number of aromatic amines is 2. The summed E-state index contributed by atoms with van der Waals surface area (Å²) in [6.07, 6.45) is 5.46. The minimum atomic E-state index is -1.76. The molecule has 0 saturated carbocycles. The van der Waals surface area contributed by atoms with Gasteiger partial charge in [0.05, 0.1) is 13.1 Å². The predicted octanol–water partition coefficient (Wildman–Crippen LogP) is -4.00. The number of nitrogens with zero attached hydrogens (tertiary/aromatic N) is 3. The molecular weight excluding hydrogens is 1170 g/mol. The molecule has 11 amide bonds. The van der Waals surface area contributed by atoms with Gasteiger partial charge in [0.1, 0.15) is 29.9 Å². The van der Waals surface area contributed by atoms with E-state index in [0.717, 1.165) is 0 Å². The van der Waals surface area contributed by atoms with E-state index in [1.165, 1.54) is 45.3 Å². The number of aliphatic hydroxyl groups excluding tert-OH is 1. The molecule has 459 valence electrons. The molecule has 31 heteroatoms. The van der Waals surface area contributed by atoms with E-state index < -0.39 is 127 Å². The monoisotopic (exact) mass is 1240 g/mol. The van der Waals surface area contributed by atoms with Crippen LogP contribution in [0.4, 0.5) is 0 Å². The van der Waals surface area contributed by atoms with Gasteiger partial charge in [-0.15, -0.1) is 0 Å². The quantitative estimate of drug-likeness (QED) is 0.00988. The molecule has 4 heterocycles. The number of rotatable bonds is 31. The van der Waals surface area contributed by atoms with Crippen LogP contribution in [0.25, 0.3) is 10.9 Å². The Morgan fingerprint density at radius 1 is 0.733 bits per heavy atom. The van der Waals surface area contributed by atoms with Crippen molar-refractivity contribution < 1.29 is 81.5 Å². The first-order valence-corrected chi connectivity index (χ1v) is 29.4. The summed E-state index contributed by atoms with van der Waals surface area (Å²) in [5.41, 5.74) is 12.7. The molecule has 2 fully saturated rings. The summed E-state index contributed by atoms with van der Waals surface area (Å²) in [5.74, 6) is -8.77. The zero-order valence-corrected chi connectivity index (χ0v) is 50.7. The molecule has 0 radical (unpaired) electrons. The molecule has 0 unspecified atom stereocenters. The van der Waals surface area contributed by atoms with E-state index in [-0.39, 0.29) is 94.4 Å². The number of aliphatic hydroxyl groups is 1. The number of imidazole rings is 1. The Kier molecular flexibility index (Phi) is 24.4. The molecular formula is C55H74N17O13Zn. The van der Waals surface area contributed by atoms with E-state index in [1.54, 1.807) is 44.3 Å². The summed E-state index contributed by atoms with van der Waals surface area (Å²) in [6.45, 7) is 1.68. The number of benzene rings is 2. The number of hydrogen-bond donors (Lipinski definition) is 16. The van der Waals surface area contributed by atoms with Crippen LogP contribution in [-0.2, 0) is 90.5 Å². The van der Waals surface area contributed by atoms with Gasteiger partial charge >= 0.3 is 205 Å². The van der Waals surface area contributed by atoms with Crippen LogP contribution in [0.1, 0.15) is 75.6 Å². The summed E-state index contributed by atoms with van der Waals surface area (Å²) in [4.78, 5) is 161. The number of fused-ring (bicyclic) bond motifs is 1. The number of nitrogens with two attached hydrogens (primary N) is 2. The SMILES string of the molecule is CC(C)C[C@H](NC(=O)CNC(=O)[C@H](Cc1ccc(O)cc1)NC(=O)[C@H](CO)NC(=O)[C@H](Cc1c[nH]c2ccccc12)NC(=O)[C@H](Cc1c[nH]cn1)NC(=O)[C@@H]1CCC(=O)[N]1[Zn])C(=O)N[C@@H](CCCNC(=N)N)C(=O)N1CCC[C@H]1C(=O)NCC(N)=O. The van der Waals surface area contributed by atoms with Crippen LogP contribution < -0.4 is 59.3 Å². The van der Waals surface area contributed by atoms with E-state index >= 15 is 0 Å². The zero-order chi connectivity index (χ0) is 62.6. The number of para-hydroxylation sites is 1. The summed E-state index contributed by atoms with van der Waals surface area (Å²) in [6, 6.07) is 2.50. The fraction of sp³-hybridized carbons (Fsp3) is 0.473. The summed E-state index contributed by atoms with van der Waals surface area (Å²) < 4.78 is 1.41. The van der Waals surface area contributed by atoms with Gasteiger partial charge in [0, 0.05) is 19.5 Å². The molecule has 18 N–H and O–H groups in total. The largest absolute Gasteiger partial charge is 0.370 e. The van der Waals surface area contributed by atoms with Gasteiger partial charge in [0.2, 0.25) is 35.4 Å². The van der Waals surface area contributed by atoms with Gasteiger partial charge in [-0.1, -0.05) is 38.1 Å². The van der Waals surface area contributed by atoms with Crippen molar-refractivity contribution in [2.75, 3.05) is 32.8 Å². The maximum atomic E-state index is 14.5. The molecule has 0 bridgehead atoms. The summed E-state index contributed by atoms with van der Waals surface area (Å²) in [7, 11) is 0. The number of H-pyrrole nitrogens is 2. The molecule has 8 atom stereocenters. The van der Waals surface area contributed by atoms with Crippen LogP contribution in [-0.4, -0.2) is 186 Å². The maximum absolute atomic E-state index is 14.5. The first kappa shape index (κ1) is 66.2. The second-order valence-electron chi connectivity index (χ2n) is 21.4. The Hall–Kier alpha value is -8.99. The normalized spacial score (nSPS) is 16.8. The van der Waals surface area contributed by atoms with Crippen LogP contribution in [0.3, 0.4) is 0 Å². The Morgan fingerprint density at radius 3 is 2.02 bits per heavy atom. The number of carbonyl (C=O) groups excluding carboxylic acids is 11. The van der Waals surface area contributed by atoms with Gasteiger partial charge < -0.3 is 58.5 Å². The topological polar surface area (TPSA) is 463 Å². The number of phenols is 1. The third-order valence-corrected chi connectivity index (χ3v) is 16.1. The molecule has 0 spiro atoms. The van der Waals surface area contributed by atoms with Crippen molar-refractivity contribution in [2.24, 2.45) is 17.4 Å². The summed E-state index contributed by atoms with van der Waals surface area (Å²) >= 11 is 0.383. The minimum Gasteiger partial charge on any atom is -0.370 e. The number of carbonyl (C=O) groups is 11. The first-order chi connectivity index (χ1) is 41.0. The van der Waals surface area contributed by atoms with Crippen LogP contribution in [0, 0.1) is 11.3 Å². The number of likely N-dealkylation sites (tertiary alicyclic amines) is 1. The van der Waals surface area contributed by atoms with Gasteiger partial charge in [-0.05, 0) is 61.8 Å². The van der Waals surface area contributed by atoms with Crippen LogP contribution in [0.5, 0.6) is 5.75 Å². The van der Waals surface area contributed by atoms with E-state index in [0.29, 0.717) is 52.7 Å². The van der Waals surface area contributed by atoms with Crippen molar-refractivity contribution in [2.45, 2.75) is 126 Å². The van der Waals surface area contributed by atoms with E-state index in [2.05, 4.69) is 62.8 Å². The molecule has 2 saturated heterocycles. The van der Waals surface area contributed by atoms with Crippen molar-refractivity contribution >= 4 is 81.8 Å². The molecule has 4 aromatic rings. The van der Waals surface area contributed by atoms with Crippen molar-refractivity contribution in [3.05, 3.63) is 84.1 Å². The average Bonchev–Trinajstić information content (AvgIpc) is 4.40. The Bertz CT molecular complexity index is 3090. The molecule has 0 aliphatic carbocycles. The Labute approximate surface area is 504 Å². The number of primary amides is 1. The van der Waals surface area contributed by atoms with Gasteiger partial charge in [-0.25, -0.2) is 0 Å². The molecule has 6 rings (SSSR count). The number of guanidine groups is 1. The van der Waals surface area contributed by atoms with Crippen molar-refractivity contribution in [3.8, 4) is 5.75 Å². The van der Waals surface area contributed by atoms with Crippen molar-refractivity contribution in [3.63, 3.8) is 0 Å². The van der Waals surface area contributed by atoms with E-state index in [9.17, 15) is 63.0 Å². The average molecular weight is 1250 g/mol. The first-order valence-electron chi connectivity index (χ1n) is 28.1. The molecule has 2 aliphatic heterocycles. The van der Waals surface area contributed by atoms with E-state index in [4.69, 9.17) is 16.9 Å². The standard InChI is InChI=1S/C55H75N17O13.Zn/c1-29(2)19-38(49(80)67-37(9-5-17-60-55(57)58)54(85)72-18-6-10-43(72)53(84)62-25-44(56)75)66-46(77)26-63-47(78)39(20-30-11-13-33(74)14-12-30)68-52(83)42(27-73)71-50(81)40(21-31-23-61-35-8-4-3-7-34(31)35)69-51(82)41(22-32-24-59-28-64-32)70-48(79)36-15-16-45(76)65-36;/h3-4,7-8,11-14,23-24,28-29,36-43,61,73H,5-6,9-10,15-22,25-27H2,1-2H3,(H17,56,57,58,59,60,62,63,64,65,66,67,68,69,70,71,74,75,76,77,78,79,80,81,82,83,84);/q;+1/p-1/t36-,37-,38-,39-,40-,41-,42-,43-;/m0./s1. The van der Waals surface area contributed by atoms with Crippen molar-refractivity contribution in [1.29, 1.82) is 5.41 Å². The number of hydrogen-bond acceptors (Lipinski definition) is 15. The molecule has 86 heavy (non-hydrogen) atoms. The maximum Gasteiger partial charge on any atom is 0.245 e. The number of aromatic hydroxyl groups is 1. The zero-order valence-electron chi connectivity index (χ0n) is 47.7. The Balaban J connectivity index is 1.16. The number of aromatic nitrogens is 3. The van der Waals surface area contributed by atoms with E-state index in [1.807, 2.05) is 0 Å². The second kappa shape index (κ2) is 31.8. The molecule has 2 aromatic carbocycles. The fourth-order valence-corrected chi connectivity index (χ4v) is 11.1. The summed E-state index contributed by atoms with van der Waals surface area (Å²) in [5, 5.41) is 52.2. The third kappa shape index (κ3) is 19.3. The fourth-order valence-electron chi connectivity index (χ4n) is 10.0. The van der Waals surface area contributed by atoms with Gasteiger partial charge in [0.25, 0.3) is 0 Å². The molecule has 30 nitrogen and oxygen atoms in total. The van der Waals surface area contributed by atoms with Crippen LogP contribution >= 0.6 is 0 Å². The van der Waals surface area contributed by atoms with Gasteiger partial charge in [0.15, 0.2) is 5.96 Å². The second-order valence-corrected chi connectivity index (χ2v) is 22.9. The number of amides is 11. The predicted molar refractivity (Wildman–Crippen MR) is 303 cm³/mol. The third-order valence-electron chi connectivity index (χ3n) is 14.4. The molecule has 2 aliphatic rings. The van der Waals surface area contributed by atoms with Gasteiger partial charge in [-0.3, -0.25) is 39.0 Å². The van der Waals surface area contributed by atoms with Crippen LogP contribution in [0.2, 0.25) is 0 Å².